The number of aryl methyl sites for hydroxylation is 1. The van der Waals surface area contributed by atoms with E-state index in [0.717, 1.165) is 30.0 Å². The molecule has 2 aromatic rings. The zero-order chi connectivity index (χ0) is 14.4. The molecule has 0 aliphatic carbocycles. The molecule has 0 radical (unpaired) electrons. The lowest BCUT2D eigenvalue weighted by atomic mass is 10.1. The number of pyridine rings is 2. The first-order valence-electron chi connectivity index (χ1n) is 6.89. The number of ether oxygens (including phenoxy) is 1. The molecule has 0 bridgehead atoms. The second-order valence-corrected chi connectivity index (χ2v) is 5.03. The molecule has 2 N–H and O–H groups in total. The molecule has 2 rings (SSSR count). The van der Waals surface area contributed by atoms with Crippen molar-refractivity contribution < 1.29 is 4.74 Å². The van der Waals surface area contributed by atoms with E-state index in [4.69, 9.17) is 10.5 Å². The van der Waals surface area contributed by atoms with Gasteiger partial charge in [-0.2, -0.15) is 0 Å². The molecule has 20 heavy (non-hydrogen) atoms. The Hall–Kier alpha value is -1.94. The monoisotopic (exact) mass is 271 g/mol. The highest BCUT2D eigenvalue weighted by atomic mass is 16.5. The Morgan fingerprint density at radius 2 is 1.95 bits per heavy atom. The van der Waals surface area contributed by atoms with Crippen LogP contribution in [-0.2, 0) is 12.8 Å². The maximum absolute atomic E-state index is 5.86. The summed E-state index contributed by atoms with van der Waals surface area (Å²) in [4.78, 5) is 8.53. The van der Waals surface area contributed by atoms with Crippen molar-refractivity contribution in [2.45, 2.75) is 32.7 Å². The third-order valence-electron chi connectivity index (χ3n) is 2.98. The minimum Gasteiger partial charge on any atom is -0.491 e. The van der Waals surface area contributed by atoms with E-state index in [-0.39, 0.29) is 6.04 Å². The number of hydrogen-bond acceptors (Lipinski definition) is 4. The van der Waals surface area contributed by atoms with Crippen LogP contribution >= 0.6 is 0 Å². The minimum absolute atomic E-state index is 0.0758. The number of aromatic nitrogens is 2. The molecule has 4 heteroatoms. The van der Waals surface area contributed by atoms with Crippen molar-refractivity contribution in [1.82, 2.24) is 9.97 Å². The molecular weight excluding hydrogens is 250 g/mol. The zero-order valence-corrected chi connectivity index (χ0v) is 12.0. The Morgan fingerprint density at radius 1 is 1.20 bits per heavy atom. The predicted molar refractivity (Wildman–Crippen MR) is 79.8 cm³/mol. The normalized spacial score (nSPS) is 12.2. The lowest BCUT2D eigenvalue weighted by Gasteiger charge is -2.13. The first-order chi connectivity index (χ1) is 9.65. The van der Waals surface area contributed by atoms with E-state index >= 15 is 0 Å². The summed E-state index contributed by atoms with van der Waals surface area (Å²) in [6, 6.07) is 8.02. The summed E-state index contributed by atoms with van der Waals surface area (Å²) in [6.07, 6.45) is 5.18. The van der Waals surface area contributed by atoms with Gasteiger partial charge in [-0.3, -0.25) is 9.97 Å². The highest BCUT2D eigenvalue weighted by Gasteiger charge is 2.08. The van der Waals surface area contributed by atoms with E-state index in [9.17, 15) is 0 Å². The SMILES string of the molecule is Cc1ccc(OCCc2ccncc2)c(CC(C)N)n1. The van der Waals surface area contributed by atoms with E-state index in [1.54, 1.807) is 12.4 Å². The molecule has 1 unspecified atom stereocenters. The van der Waals surface area contributed by atoms with E-state index in [0.29, 0.717) is 6.61 Å². The third kappa shape index (κ3) is 4.31. The van der Waals surface area contributed by atoms with E-state index in [1.165, 1.54) is 5.56 Å². The van der Waals surface area contributed by atoms with Crippen LogP contribution in [0.25, 0.3) is 0 Å². The molecule has 1 atom stereocenters. The number of nitrogens with two attached hydrogens (primary N) is 1. The fourth-order valence-corrected chi connectivity index (χ4v) is 2.01. The smallest absolute Gasteiger partial charge is 0.140 e. The van der Waals surface area contributed by atoms with Gasteiger partial charge in [0.2, 0.25) is 0 Å². The standard InChI is InChI=1S/C16H21N3O/c1-12(17)11-15-16(4-3-13(2)19-15)20-10-7-14-5-8-18-9-6-14/h3-6,8-9,12H,7,10-11,17H2,1-2H3. The molecule has 106 valence electrons. The van der Waals surface area contributed by atoms with Gasteiger partial charge in [0.1, 0.15) is 5.75 Å². The molecule has 0 saturated carbocycles. The fraction of sp³-hybridized carbons (Fsp3) is 0.375. The summed E-state index contributed by atoms with van der Waals surface area (Å²) in [7, 11) is 0. The predicted octanol–water partition coefficient (Wildman–Crippen LogP) is 2.30. The summed E-state index contributed by atoms with van der Waals surface area (Å²) >= 11 is 0. The van der Waals surface area contributed by atoms with Gasteiger partial charge in [-0.05, 0) is 43.7 Å². The maximum Gasteiger partial charge on any atom is 0.140 e. The second-order valence-electron chi connectivity index (χ2n) is 5.03. The van der Waals surface area contributed by atoms with Crippen LogP contribution in [0.1, 0.15) is 23.9 Å². The Labute approximate surface area is 120 Å². The molecule has 0 fully saturated rings. The Morgan fingerprint density at radius 3 is 2.65 bits per heavy atom. The Bertz CT molecular complexity index is 541. The van der Waals surface area contributed by atoms with Gasteiger partial charge >= 0.3 is 0 Å². The maximum atomic E-state index is 5.86. The molecule has 2 aromatic heterocycles. The van der Waals surface area contributed by atoms with Gasteiger partial charge in [0.05, 0.1) is 12.3 Å². The van der Waals surface area contributed by atoms with Crippen molar-refractivity contribution in [3.05, 3.63) is 53.6 Å². The van der Waals surface area contributed by atoms with Crippen molar-refractivity contribution in [2.24, 2.45) is 5.73 Å². The van der Waals surface area contributed by atoms with Crippen LogP contribution in [0.3, 0.4) is 0 Å². The highest BCUT2D eigenvalue weighted by Crippen LogP contribution is 2.18. The Balaban J connectivity index is 1.98. The first kappa shape index (κ1) is 14.5. The average Bonchev–Trinajstić information content (AvgIpc) is 2.42. The van der Waals surface area contributed by atoms with Crippen molar-refractivity contribution in [1.29, 1.82) is 0 Å². The number of rotatable bonds is 6. The van der Waals surface area contributed by atoms with Crippen molar-refractivity contribution >= 4 is 0 Å². The molecule has 2 heterocycles. The molecule has 4 nitrogen and oxygen atoms in total. The molecule has 0 amide bonds. The second kappa shape index (κ2) is 7.01. The van der Waals surface area contributed by atoms with Gasteiger partial charge < -0.3 is 10.5 Å². The van der Waals surface area contributed by atoms with Crippen LogP contribution in [-0.4, -0.2) is 22.6 Å². The molecule has 0 spiro atoms. The zero-order valence-electron chi connectivity index (χ0n) is 12.0. The highest BCUT2D eigenvalue weighted by molar-refractivity contribution is 5.30. The third-order valence-corrected chi connectivity index (χ3v) is 2.98. The lowest BCUT2D eigenvalue weighted by Crippen LogP contribution is -2.19. The van der Waals surface area contributed by atoms with Crippen LogP contribution < -0.4 is 10.5 Å². The summed E-state index contributed by atoms with van der Waals surface area (Å²) in [5, 5.41) is 0. The molecule has 0 aliphatic rings. The fourth-order valence-electron chi connectivity index (χ4n) is 2.01. The Kier molecular flexibility index (Phi) is 5.07. The molecule has 0 aromatic carbocycles. The summed E-state index contributed by atoms with van der Waals surface area (Å²) in [6.45, 7) is 4.58. The minimum atomic E-state index is 0.0758. The molecule has 0 saturated heterocycles. The van der Waals surface area contributed by atoms with Crippen LogP contribution in [0.15, 0.2) is 36.7 Å². The van der Waals surface area contributed by atoms with E-state index in [2.05, 4.69) is 9.97 Å². The van der Waals surface area contributed by atoms with Gasteiger partial charge in [-0.15, -0.1) is 0 Å². The van der Waals surface area contributed by atoms with Gasteiger partial charge in [0, 0.05) is 37.0 Å². The molecular formula is C16H21N3O. The van der Waals surface area contributed by atoms with Crippen molar-refractivity contribution in [2.75, 3.05) is 6.61 Å². The number of nitrogens with zero attached hydrogens (tertiary/aromatic N) is 2. The van der Waals surface area contributed by atoms with Crippen LogP contribution in [0.5, 0.6) is 5.75 Å². The summed E-state index contributed by atoms with van der Waals surface area (Å²) in [5.41, 5.74) is 9.00. The first-order valence-corrected chi connectivity index (χ1v) is 6.89. The largest absolute Gasteiger partial charge is 0.491 e. The van der Waals surface area contributed by atoms with Gasteiger partial charge in [0.15, 0.2) is 0 Å². The quantitative estimate of drug-likeness (QED) is 0.875. The van der Waals surface area contributed by atoms with Crippen LogP contribution in [0, 0.1) is 6.92 Å². The van der Waals surface area contributed by atoms with Gasteiger partial charge in [0.25, 0.3) is 0 Å². The van der Waals surface area contributed by atoms with Crippen LogP contribution in [0.4, 0.5) is 0 Å². The lowest BCUT2D eigenvalue weighted by molar-refractivity contribution is 0.316. The topological polar surface area (TPSA) is 61.0 Å². The summed E-state index contributed by atoms with van der Waals surface area (Å²) < 4.78 is 5.86. The van der Waals surface area contributed by atoms with E-state index < -0.39 is 0 Å². The van der Waals surface area contributed by atoms with Crippen molar-refractivity contribution in [3.8, 4) is 5.75 Å². The van der Waals surface area contributed by atoms with E-state index in [1.807, 2.05) is 38.1 Å². The molecule has 0 aliphatic heterocycles. The number of hydrogen-bond donors (Lipinski definition) is 1. The van der Waals surface area contributed by atoms with Gasteiger partial charge in [-0.25, -0.2) is 0 Å². The van der Waals surface area contributed by atoms with Crippen LogP contribution in [0.2, 0.25) is 0 Å². The van der Waals surface area contributed by atoms with Crippen molar-refractivity contribution in [3.63, 3.8) is 0 Å². The average molecular weight is 271 g/mol. The van der Waals surface area contributed by atoms with Gasteiger partial charge in [-0.1, -0.05) is 0 Å². The summed E-state index contributed by atoms with van der Waals surface area (Å²) in [5.74, 6) is 0.835.